The number of anilines is 1. The van der Waals surface area contributed by atoms with E-state index in [-0.39, 0.29) is 5.92 Å². The molecule has 29 heavy (non-hydrogen) atoms. The third-order valence-corrected chi connectivity index (χ3v) is 6.49. The molecular formula is C19H20ClN7OS. The van der Waals surface area contributed by atoms with Gasteiger partial charge in [-0.15, -0.1) is 5.10 Å². The van der Waals surface area contributed by atoms with Crippen molar-refractivity contribution in [2.24, 2.45) is 0 Å². The second kappa shape index (κ2) is 7.38. The lowest BCUT2D eigenvalue weighted by Crippen LogP contribution is -2.33. The predicted molar refractivity (Wildman–Crippen MR) is 112 cm³/mol. The molecule has 0 bridgehead atoms. The smallest absolute Gasteiger partial charge is 0.229 e. The number of piperidine rings is 1. The van der Waals surface area contributed by atoms with E-state index in [1.807, 2.05) is 12.1 Å². The standard InChI is InChI=1S/C19H20ClN7OS/c1-11(2)16-23-17(28-25-16)13-5-9-26(10-6-13)19-24-27-15(20)14(22-18(27)29-19)12-3-7-21-8-4-12/h3-4,7-8,11,13H,5-6,9-10H2,1-2H3. The number of imidazole rings is 1. The monoisotopic (exact) mass is 429 g/mol. The summed E-state index contributed by atoms with van der Waals surface area (Å²) in [4.78, 5) is 16.3. The first-order chi connectivity index (χ1) is 14.1. The highest BCUT2D eigenvalue weighted by Crippen LogP contribution is 2.35. The Bertz CT molecular complexity index is 1130. The molecule has 0 amide bonds. The van der Waals surface area contributed by atoms with Crippen LogP contribution in [0.3, 0.4) is 0 Å². The van der Waals surface area contributed by atoms with Gasteiger partial charge in [-0.05, 0) is 25.0 Å². The Balaban J connectivity index is 1.32. The lowest BCUT2D eigenvalue weighted by Gasteiger charge is -2.29. The van der Waals surface area contributed by atoms with Gasteiger partial charge in [-0.2, -0.15) is 9.50 Å². The van der Waals surface area contributed by atoms with Crippen molar-refractivity contribution in [2.75, 3.05) is 18.0 Å². The molecule has 0 unspecified atom stereocenters. The van der Waals surface area contributed by atoms with Gasteiger partial charge in [0.15, 0.2) is 11.0 Å². The fourth-order valence-corrected chi connectivity index (χ4v) is 4.77. The van der Waals surface area contributed by atoms with Crippen molar-refractivity contribution in [3.8, 4) is 11.3 Å². The largest absolute Gasteiger partial charge is 0.347 e. The first-order valence-corrected chi connectivity index (χ1v) is 10.8. The molecule has 0 aromatic carbocycles. The number of fused-ring (bicyclic) bond motifs is 1. The van der Waals surface area contributed by atoms with Gasteiger partial charge in [-0.25, -0.2) is 4.98 Å². The van der Waals surface area contributed by atoms with Gasteiger partial charge in [-0.1, -0.05) is 41.9 Å². The molecule has 0 radical (unpaired) electrons. The zero-order valence-corrected chi connectivity index (χ0v) is 17.7. The van der Waals surface area contributed by atoms with Gasteiger partial charge >= 0.3 is 0 Å². The first kappa shape index (κ1) is 18.5. The number of hydrogen-bond acceptors (Lipinski definition) is 8. The molecule has 4 aromatic heterocycles. The van der Waals surface area contributed by atoms with Crippen LogP contribution in [0, 0.1) is 0 Å². The van der Waals surface area contributed by atoms with E-state index in [0.29, 0.717) is 11.1 Å². The Kier molecular flexibility index (Phi) is 4.71. The van der Waals surface area contributed by atoms with Crippen LogP contribution in [0.2, 0.25) is 5.15 Å². The van der Waals surface area contributed by atoms with Crippen LogP contribution in [0.5, 0.6) is 0 Å². The minimum Gasteiger partial charge on any atom is -0.347 e. The number of nitrogens with zero attached hydrogens (tertiary/aromatic N) is 7. The average Bonchev–Trinajstić information content (AvgIpc) is 3.45. The molecule has 1 aliphatic heterocycles. The van der Waals surface area contributed by atoms with Crippen LogP contribution >= 0.6 is 22.9 Å². The molecule has 0 spiro atoms. The molecule has 10 heteroatoms. The topological polar surface area (TPSA) is 85.2 Å². The van der Waals surface area contributed by atoms with Crippen molar-refractivity contribution >= 4 is 33.0 Å². The van der Waals surface area contributed by atoms with Crippen LogP contribution in [0.15, 0.2) is 29.0 Å². The molecule has 0 aliphatic carbocycles. The number of rotatable bonds is 4. The highest BCUT2D eigenvalue weighted by Gasteiger charge is 2.28. The molecule has 5 rings (SSSR count). The Morgan fingerprint density at radius 3 is 2.59 bits per heavy atom. The highest BCUT2D eigenvalue weighted by molar-refractivity contribution is 7.20. The van der Waals surface area contributed by atoms with Crippen molar-refractivity contribution in [1.82, 2.24) is 29.7 Å². The summed E-state index contributed by atoms with van der Waals surface area (Å²) in [5, 5.41) is 10.3. The van der Waals surface area contributed by atoms with E-state index in [4.69, 9.17) is 21.2 Å². The van der Waals surface area contributed by atoms with Crippen molar-refractivity contribution in [1.29, 1.82) is 0 Å². The van der Waals surface area contributed by atoms with Crippen molar-refractivity contribution in [3.63, 3.8) is 0 Å². The Labute approximate surface area is 176 Å². The van der Waals surface area contributed by atoms with Gasteiger partial charge in [0, 0.05) is 42.9 Å². The van der Waals surface area contributed by atoms with Crippen LogP contribution in [0.25, 0.3) is 16.2 Å². The van der Waals surface area contributed by atoms with Crippen LogP contribution < -0.4 is 4.90 Å². The molecule has 1 aliphatic rings. The quantitative estimate of drug-likeness (QED) is 0.475. The summed E-state index contributed by atoms with van der Waals surface area (Å²) in [5.41, 5.74) is 1.67. The molecule has 0 saturated carbocycles. The van der Waals surface area contributed by atoms with E-state index < -0.39 is 0 Å². The van der Waals surface area contributed by atoms with E-state index in [1.54, 1.807) is 28.2 Å². The molecule has 150 valence electrons. The maximum absolute atomic E-state index is 6.55. The van der Waals surface area contributed by atoms with Crippen LogP contribution in [-0.2, 0) is 0 Å². The van der Waals surface area contributed by atoms with Gasteiger partial charge in [0.05, 0.1) is 0 Å². The molecule has 8 nitrogen and oxygen atoms in total. The van der Waals surface area contributed by atoms with Gasteiger partial charge in [0.1, 0.15) is 5.69 Å². The summed E-state index contributed by atoms with van der Waals surface area (Å²) in [6.45, 7) is 5.91. The summed E-state index contributed by atoms with van der Waals surface area (Å²) < 4.78 is 7.20. The summed E-state index contributed by atoms with van der Waals surface area (Å²) in [7, 11) is 0. The SMILES string of the molecule is CC(C)c1noc(C2CCN(c3nn4c(Cl)c(-c5ccncc5)nc4s3)CC2)n1. The molecule has 5 heterocycles. The van der Waals surface area contributed by atoms with Crippen LogP contribution in [0.4, 0.5) is 5.13 Å². The molecule has 4 aromatic rings. The van der Waals surface area contributed by atoms with E-state index in [0.717, 1.165) is 59.0 Å². The van der Waals surface area contributed by atoms with Crippen LogP contribution in [0.1, 0.15) is 50.2 Å². The summed E-state index contributed by atoms with van der Waals surface area (Å²) >= 11 is 8.11. The molecule has 0 atom stereocenters. The highest BCUT2D eigenvalue weighted by atomic mass is 35.5. The third kappa shape index (κ3) is 3.38. The van der Waals surface area contributed by atoms with E-state index in [1.165, 1.54) is 0 Å². The predicted octanol–water partition coefficient (Wildman–Crippen LogP) is 4.40. The molecule has 1 saturated heterocycles. The zero-order chi connectivity index (χ0) is 20.0. The van der Waals surface area contributed by atoms with Gasteiger partial charge in [0.25, 0.3) is 0 Å². The lowest BCUT2D eigenvalue weighted by molar-refractivity contribution is 0.326. The van der Waals surface area contributed by atoms with Gasteiger partial charge < -0.3 is 9.42 Å². The first-order valence-electron chi connectivity index (χ1n) is 9.64. The normalized spacial score (nSPS) is 15.7. The summed E-state index contributed by atoms with van der Waals surface area (Å²) in [6, 6.07) is 3.79. The number of hydrogen-bond donors (Lipinski definition) is 0. The molecule has 0 N–H and O–H groups in total. The number of aromatic nitrogens is 6. The van der Waals surface area contributed by atoms with Crippen LogP contribution in [-0.4, -0.2) is 42.8 Å². The molecule has 1 fully saturated rings. The second-order valence-corrected chi connectivity index (χ2v) is 8.77. The fraction of sp³-hybridized carbons (Fsp3) is 0.421. The van der Waals surface area contributed by atoms with E-state index in [9.17, 15) is 0 Å². The lowest BCUT2D eigenvalue weighted by atomic mass is 9.97. The van der Waals surface area contributed by atoms with E-state index in [2.05, 4.69) is 38.9 Å². The maximum atomic E-state index is 6.55. The minimum absolute atomic E-state index is 0.279. The van der Waals surface area contributed by atoms with E-state index >= 15 is 0 Å². The van der Waals surface area contributed by atoms with Gasteiger partial charge in [-0.3, -0.25) is 4.98 Å². The van der Waals surface area contributed by atoms with Gasteiger partial charge in [0.2, 0.25) is 16.0 Å². The Hall–Kier alpha value is -2.52. The number of halogens is 1. The Morgan fingerprint density at radius 2 is 1.93 bits per heavy atom. The minimum atomic E-state index is 0.279. The maximum Gasteiger partial charge on any atom is 0.229 e. The summed E-state index contributed by atoms with van der Waals surface area (Å²) in [6.07, 6.45) is 5.38. The average molecular weight is 430 g/mol. The van der Waals surface area contributed by atoms with Crippen molar-refractivity contribution < 1.29 is 4.52 Å². The zero-order valence-electron chi connectivity index (χ0n) is 16.1. The fourth-order valence-electron chi connectivity index (χ4n) is 3.50. The van der Waals surface area contributed by atoms with Crippen molar-refractivity contribution in [3.05, 3.63) is 41.4 Å². The second-order valence-electron chi connectivity index (χ2n) is 7.47. The number of pyridine rings is 1. The molecular weight excluding hydrogens is 410 g/mol. The Morgan fingerprint density at radius 1 is 1.17 bits per heavy atom. The third-order valence-electron chi connectivity index (χ3n) is 5.18. The summed E-state index contributed by atoms with van der Waals surface area (Å²) in [5.74, 6) is 2.12. The van der Waals surface area contributed by atoms with Crippen molar-refractivity contribution in [2.45, 2.75) is 38.5 Å².